The first-order valence-electron chi connectivity index (χ1n) is 9.51. The average molecular weight is 380 g/mol. The van der Waals surface area contributed by atoms with Crippen LogP contribution in [-0.2, 0) is 21.3 Å². The normalized spacial score (nSPS) is 14.4. The van der Waals surface area contributed by atoms with Crippen molar-refractivity contribution in [3.8, 4) is 11.5 Å². The van der Waals surface area contributed by atoms with Gasteiger partial charge in [0.1, 0.15) is 6.26 Å². The van der Waals surface area contributed by atoms with E-state index in [0.717, 1.165) is 29.6 Å². The van der Waals surface area contributed by atoms with E-state index in [4.69, 9.17) is 14.5 Å². The van der Waals surface area contributed by atoms with E-state index < -0.39 is 6.04 Å². The molecule has 0 radical (unpaired) electrons. The van der Waals surface area contributed by atoms with Gasteiger partial charge in [0.05, 0.1) is 16.7 Å². The van der Waals surface area contributed by atoms with Crippen molar-refractivity contribution < 1.29 is 14.3 Å². The highest BCUT2D eigenvalue weighted by Gasteiger charge is 2.33. The van der Waals surface area contributed by atoms with Crippen LogP contribution in [0.1, 0.15) is 25.8 Å². The van der Waals surface area contributed by atoms with E-state index in [1.165, 1.54) is 6.26 Å². The largest absolute Gasteiger partial charge is 0.462 e. The van der Waals surface area contributed by atoms with Gasteiger partial charge in [-0.2, -0.15) is 0 Å². The van der Waals surface area contributed by atoms with Gasteiger partial charge in [0.2, 0.25) is 6.79 Å². The van der Waals surface area contributed by atoms with Crippen LogP contribution in [0.4, 0.5) is 0 Å². The molecule has 1 unspecified atom stereocenters. The number of unbranched alkanes of at least 4 members (excludes halogenated alkanes) is 1. The third-order valence-electron chi connectivity index (χ3n) is 4.87. The molecule has 0 fully saturated rings. The molecule has 0 spiro atoms. The zero-order valence-corrected chi connectivity index (χ0v) is 16.1. The van der Waals surface area contributed by atoms with Gasteiger partial charge >= 0.3 is 0 Å². The van der Waals surface area contributed by atoms with Crippen molar-refractivity contribution in [1.29, 1.82) is 0 Å². The Hall–Kier alpha value is -3.22. The van der Waals surface area contributed by atoms with E-state index in [1.807, 2.05) is 58.8 Å². The van der Waals surface area contributed by atoms with E-state index in [0.29, 0.717) is 18.1 Å². The number of hydrogen-bond acceptors (Lipinski definition) is 4. The van der Waals surface area contributed by atoms with Crippen molar-refractivity contribution in [3.05, 3.63) is 54.6 Å². The topological polar surface area (TPSA) is 70.3 Å². The molecule has 7 heteroatoms. The molecule has 1 aliphatic rings. The van der Waals surface area contributed by atoms with Crippen molar-refractivity contribution in [3.63, 3.8) is 0 Å². The number of aromatic nitrogens is 3. The van der Waals surface area contributed by atoms with E-state index >= 15 is 0 Å². The number of carbonyl (C=O) groups is 1. The summed E-state index contributed by atoms with van der Waals surface area (Å²) in [6, 6.07) is 11.1. The van der Waals surface area contributed by atoms with Crippen LogP contribution in [0, 0.1) is 0 Å². The van der Waals surface area contributed by atoms with Gasteiger partial charge in [-0.1, -0.05) is 25.5 Å². The number of nitrogens with zero attached hydrogens (tertiary/aromatic N) is 3. The van der Waals surface area contributed by atoms with E-state index in [2.05, 4.69) is 12.2 Å². The van der Waals surface area contributed by atoms with E-state index in [9.17, 15) is 4.79 Å². The lowest BCUT2D eigenvalue weighted by molar-refractivity contribution is -0.124. The number of benzene rings is 1. The standard InChI is InChI=1S/C21H24N4O3/c1-3-4-11-22-21(26)19(18-13-27-14-28-18)25-16-9-6-5-8-15(16)23-20(25)17-10-7-12-24(17)2/h5-10,12-13,19H,3-4,11,14H2,1-2H3,(H,22,26). The monoisotopic (exact) mass is 380 g/mol. The Kier molecular flexibility index (Phi) is 5.06. The third-order valence-corrected chi connectivity index (χ3v) is 4.87. The zero-order valence-electron chi connectivity index (χ0n) is 16.1. The lowest BCUT2D eigenvalue weighted by atomic mass is 10.2. The third kappa shape index (κ3) is 3.24. The van der Waals surface area contributed by atoms with Crippen LogP contribution < -0.4 is 5.32 Å². The van der Waals surface area contributed by atoms with E-state index in [-0.39, 0.29) is 12.7 Å². The van der Waals surface area contributed by atoms with Gasteiger partial charge in [-0.15, -0.1) is 0 Å². The number of amides is 1. The van der Waals surface area contributed by atoms with Crippen LogP contribution in [0.25, 0.3) is 22.6 Å². The first-order valence-corrected chi connectivity index (χ1v) is 9.51. The van der Waals surface area contributed by atoms with Crippen molar-refractivity contribution >= 4 is 16.9 Å². The number of ether oxygens (including phenoxy) is 2. The summed E-state index contributed by atoms with van der Waals surface area (Å²) in [6.45, 7) is 2.82. The van der Waals surface area contributed by atoms with Gasteiger partial charge in [0.25, 0.3) is 5.91 Å². The molecule has 0 aliphatic carbocycles. The minimum absolute atomic E-state index is 0.111. The summed E-state index contributed by atoms with van der Waals surface area (Å²) in [5.74, 6) is 1.05. The maximum atomic E-state index is 13.2. The Balaban J connectivity index is 1.87. The number of rotatable bonds is 7. The molecule has 1 aliphatic heterocycles. The SMILES string of the molecule is CCCCNC(=O)C(C1=COCO1)n1c(-c2cccn2C)nc2ccccc21. The summed E-state index contributed by atoms with van der Waals surface area (Å²) in [7, 11) is 1.96. The molecular formula is C21H24N4O3. The summed E-state index contributed by atoms with van der Waals surface area (Å²) in [5, 5.41) is 3.03. The lowest BCUT2D eigenvalue weighted by Gasteiger charge is -2.21. The molecule has 3 aromatic rings. The smallest absolute Gasteiger partial charge is 0.251 e. The zero-order chi connectivity index (χ0) is 19.5. The maximum absolute atomic E-state index is 13.2. The van der Waals surface area contributed by atoms with Crippen molar-refractivity contribution in [2.24, 2.45) is 7.05 Å². The number of hydrogen-bond donors (Lipinski definition) is 1. The van der Waals surface area contributed by atoms with Crippen LogP contribution >= 0.6 is 0 Å². The number of aryl methyl sites for hydroxylation is 1. The molecule has 4 rings (SSSR count). The van der Waals surface area contributed by atoms with Crippen molar-refractivity contribution in [2.45, 2.75) is 25.8 Å². The van der Waals surface area contributed by atoms with Crippen LogP contribution in [0.2, 0.25) is 0 Å². The fraction of sp³-hybridized carbons (Fsp3) is 0.333. The van der Waals surface area contributed by atoms with Gasteiger partial charge in [-0.05, 0) is 30.7 Å². The second kappa shape index (κ2) is 7.80. The first kappa shape index (κ1) is 18.2. The van der Waals surface area contributed by atoms with Gasteiger partial charge < -0.3 is 23.9 Å². The molecule has 1 aromatic carbocycles. The van der Waals surface area contributed by atoms with Gasteiger partial charge in [0.15, 0.2) is 17.6 Å². The molecule has 2 aromatic heterocycles. The molecule has 1 atom stereocenters. The summed E-state index contributed by atoms with van der Waals surface area (Å²) in [4.78, 5) is 18.0. The molecule has 146 valence electrons. The molecule has 28 heavy (non-hydrogen) atoms. The van der Waals surface area contributed by atoms with Crippen LogP contribution in [0.5, 0.6) is 0 Å². The van der Waals surface area contributed by atoms with Gasteiger partial charge in [-0.3, -0.25) is 4.79 Å². The molecule has 0 saturated carbocycles. The lowest BCUT2D eigenvalue weighted by Crippen LogP contribution is -2.35. The summed E-state index contributed by atoms with van der Waals surface area (Å²) >= 11 is 0. The van der Waals surface area contributed by atoms with Crippen LogP contribution in [0.3, 0.4) is 0 Å². The predicted molar refractivity (Wildman–Crippen MR) is 106 cm³/mol. The Bertz CT molecular complexity index is 1020. The Labute approximate surface area is 163 Å². The van der Waals surface area contributed by atoms with Crippen molar-refractivity contribution in [2.75, 3.05) is 13.3 Å². The number of para-hydroxylation sites is 2. The highest BCUT2D eigenvalue weighted by Crippen LogP contribution is 2.33. The molecule has 3 heterocycles. The predicted octanol–water partition coefficient (Wildman–Crippen LogP) is 3.34. The molecular weight excluding hydrogens is 356 g/mol. The summed E-state index contributed by atoms with van der Waals surface area (Å²) < 4.78 is 14.8. The molecule has 1 N–H and O–H groups in total. The number of fused-ring (bicyclic) bond motifs is 1. The fourth-order valence-corrected chi connectivity index (χ4v) is 3.43. The van der Waals surface area contributed by atoms with Gasteiger partial charge in [-0.25, -0.2) is 4.98 Å². The number of imidazole rings is 1. The Morgan fingerprint density at radius 3 is 2.86 bits per heavy atom. The second-order valence-corrected chi connectivity index (χ2v) is 6.79. The number of nitrogens with one attached hydrogen (secondary N) is 1. The summed E-state index contributed by atoms with van der Waals surface area (Å²) in [6.07, 6.45) is 5.41. The minimum atomic E-state index is -0.698. The molecule has 7 nitrogen and oxygen atoms in total. The highest BCUT2D eigenvalue weighted by molar-refractivity contribution is 5.88. The minimum Gasteiger partial charge on any atom is -0.462 e. The van der Waals surface area contributed by atoms with Crippen LogP contribution in [0.15, 0.2) is 54.6 Å². The first-order chi connectivity index (χ1) is 13.7. The van der Waals surface area contributed by atoms with E-state index in [1.54, 1.807) is 0 Å². The molecule has 1 amide bonds. The molecule has 0 saturated heterocycles. The summed E-state index contributed by atoms with van der Waals surface area (Å²) in [5.41, 5.74) is 2.61. The number of carbonyl (C=O) groups excluding carboxylic acids is 1. The second-order valence-electron chi connectivity index (χ2n) is 6.79. The highest BCUT2D eigenvalue weighted by atomic mass is 16.7. The Morgan fingerprint density at radius 1 is 1.29 bits per heavy atom. The fourth-order valence-electron chi connectivity index (χ4n) is 3.43. The Morgan fingerprint density at radius 2 is 2.14 bits per heavy atom. The average Bonchev–Trinajstić information content (AvgIpc) is 3.43. The quantitative estimate of drug-likeness (QED) is 0.638. The van der Waals surface area contributed by atoms with Gasteiger partial charge in [0, 0.05) is 19.8 Å². The molecule has 0 bridgehead atoms. The van der Waals surface area contributed by atoms with Crippen LogP contribution in [-0.4, -0.2) is 33.4 Å². The van der Waals surface area contributed by atoms with Crippen molar-refractivity contribution in [1.82, 2.24) is 19.4 Å². The maximum Gasteiger partial charge on any atom is 0.251 e.